The summed E-state index contributed by atoms with van der Waals surface area (Å²) < 4.78 is 0. The molecule has 0 heterocycles. The Bertz CT molecular complexity index is 482. The van der Waals surface area contributed by atoms with Gasteiger partial charge in [0.25, 0.3) is 0 Å². The highest BCUT2D eigenvalue weighted by Crippen LogP contribution is 2.42. The number of rotatable bonds is 5. The molecule has 20 heavy (non-hydrogen) atoms. The van der Waals surface area contributed by atoms with Crippen molar-refractivity contribution in [1.29, 1.82) is 0 Å². The van der Waals surface area contributed by atoms with Crippen LogP contribution in [0.5, 0.6) is 0 Å². The van der Waals surface area contributed by atoms with E-state index in [1.807, 2.05) is 12.1 Å². The average Bonchev–Trinajstić information content (AvgIpc) is 2.42. The number of carboxylic acids is 1. The SMILES string of the molecule is O=C(O)CS[C@@H]1CCCC[C@H]1Sc1cc(Cl)ccc1Cl. The van der Waals surface area contributed by atoms with E-state index < -0.39 is 5.97 Å². The summed E-state index contributed by atoms with van der Waals surface area (Å²) in [5, 5.41) is 11.0. The van der Waals surface area contributed by atoms with E-state index in [0.717, 1.165) is 17.7 Å². The molecule has 2 rings (SSSR count). The standard InChI is InChI=1S/C14H16Cl2O2S2/c15-9-5-6-10(16)13(7-9)20-12-4-2-1-3-11(12)19-8-14(17)18/h5-7,11-12H,1-4,8H2,(H,17,18)/t11-,12-/m1/s1. The van der Waals surface area contributed by atoms with Crippen LogP contribution in [-0.2, 0) is 4.79 Å². The van der Waals surface area contributed by atoms with Gasteiger partial charge in [0.05, 0.1) is 10.8 Å². The van der Waals surface area contributed by atoms with E-state index in [4.69, 9.17) is 28.3 Å². The molecule has 0 aliphatic heterocycles. The van der Waals surface area contributed by atoms with Crippen LogP contribution in [0.15, 0.2) is 23.1 Å². The summed E-state index contributed by atoms with van der Waals surface area (Å²) in [4.78, 5) is 11.7. The van der Waals surface area contributed by atoms with Crippen molar-refractivity contribution in [2.45, 2.75) is 41.1 Å². The van der Waals surface area contributed by atoms with Gasteiger partial charge in [-0.3, -0.25) is 4.79 Å². The van der Waals surface area contributed by atoms with Crippen molar-refractivity contribution in [2.24, 2.45) is 0 Å². The van der Waals surface area contributed by atoms with E-state index in [-0.39, 0.29) is 5.75 Å². The second-order valence-corrected chi connectivity index (χ2v) is 8.11. The van der Waals surface area contributed by atoms with Crippen LogP contribution in [0.4, 0.5) is 0 Å². The number of aliphatic carboxylic acids is 1. The van der Waals surface area contributed by atoms with Crippen LogP contribution in [0.25, 0.3) is 0 Å². The molecule has 6 heteroatoms. The van der Waals surface area contributed by atoms with Crippen LogP contribution >= 0.6 is 46.7 Å². The van der Waals surface area contributed by atoms with Gasteiger partial charge >= 0.3 is 5.97 Å². The second-order valence-electron chi connectivity index (χ2n) is 4.76. The van der Waals surface area contributed by atoms with Gasteiger partial charge in [-0.1, -0.05) is 36.0 Å². The zero-order valence-corrected chi connectivity index (χ0v) is 14.0. The molecule has 2 atom stereocenters. The Labute approximate surface area is 137 Å². The summed E-state index contributed by atoms with van der Waals surface area (Å²) >= 11 is 15.5. The minimum absolute atomic E-state index is 0.172. The Morgan fingerprint density at radius 2 is 1.95 bits per heavy atom. The van der Waals surface area contributed by atoms with E-state index in [0.29, 0.717) is 20.5 Å². The van der Waals surface area contributed by atoms with E-state index in [9.17, 15) is 4.79 Å². The predicted molar refractivity (Wildman–Crippen MR) is 88.5 cm³/mol. The van der Waals surface area contributed by atoms with Crippen LogP contribution in [0, 0.1) is 0 Å². The minimum Gasteiger partial charge on any atom is -0.481 e. The lowest BCUT2D eigenvalue weighted by atomic mass is 10.00. The Morgan fingerprint density at radius 1 is 1.25 bits per heavy atom. The molecule has 1 aromatic carbocycles. The van der Waals surface area contributed by atoms with Crippen molar-refractivity contribution in [2.75, 3.05) is 5.75 Å². The van der Waals surface area contributed by atoms with E-state index >= 15 is 0 Å². The Morgan fingerprint density at radius 3 is 2.65 bits per heavy atom. The first kappa shape index (κ1) is 16.3. The number of thioether (sulfide) groups is 2. The van der Waals surface area contributed by atoms with Gasteiger partial charge in [-0.25, -0.2) is 0 Å². The molecule has 1 aliphatic rings. The molecule has 2 nitrogen and oxygen atoms in total. The lowest BCUT2D eigenvalue weighted by Gasteiger charge is -2.30. The fourth-order valence-electron chi connectivity index (χ4n) is 2.30. The van der Waals surface area contributed by atoms with E-state index in [1.165, 1.54) is 12.8 Å². The topological polar surface area (TPSA) is 37.3 Å². The molecule has 0 amide bonds. The Hall–Kier alpha value is -0.0300. The minimum atomic E-state index is -0.745. The first-order chi connectivity index (χ1) is 9.56. The van der Waals surface area contributed by atoms with E-state index in [1.54, 1.807) is 29.6 Å². The molecular formula is C14H16Cl2O2S2. The van der Waals surface area contributed by atoms with Crippen LogP contribution in [0.3, 0.4) is 0 Å². The van der Waals surface area contributed by atoms with Crippen LogP contribution in [-0.4, -0.2) is 27.3 Å². The number of carbonyl (C=O) groups is 1. The molecule has 1 saturated carbocycles. The fraction of sp³-hybridized carbons (Fsp3) is 0.500. The second kappa shape index (κ2) is 7.83. The molecule has 110 valence electrons. The van der Waals surface area contributed by atoms with Gasteiger partial charge < -0.3 is 5.11 Å². The third-order valence-electron chi connectivity index (χ3n) is 3.23. The maximum absolute atomic E-state index is 10.7. The van der Waals surface area contributed by atoms with Gasteiger partial charge in [0.2, 0.25) is 0 Å². The zero-order valence-electron chi connectivity index (χ0n) is 10.9. The summed E-state index contributed by atoms with van der Waals surface area (Å²) in [6, 6.07) is 5.49. The van der Waals surface area contributed by atoms with Gasteiger partial charge in [0, 0.05) is 20.4 Å². The van der Waals surface area contributed by atoms with Crippen molar-refractivity contribution in [3.8, 4) is 0 Å². The number of carboxylic acid groups (broad SMARTS) is 1. The number of benzene rings is 1. The number of hydrogen-bond acceptors (Lipinski definition) is 3. The highest BCUT2D eigenvalue weighted by atomic mass is 35.5. The van der Waals surface area contributed by atoms with Gasteiger partial charge in [-0.05, 0) is 31.0 Å². The summed E-state index contributed by atoms with van der Waals surface area (Å²) in [6.07, 6.45) is 4.55. The maximum Gasteiger partial charge on any atom is 0.313 e. The van der Waals surface area contributed by atoms with Crippen LogP contribution in [0.2, 0.25) is 10.0 Å². The molecule has 0 radical (unpaired) electrons. The third kappa shape index (κ3) is 4.76. The maximum atomic E-state index is 10.7. The predicted octanol–water partition coefficient (Wildman–Crippen LogP) is 5.21. The van der Waals surface area contributed by atoms with Crippen molar-refractivity contribution < 1.29 is 9.90 Å². The lowest BCUT2D eigenvalue weighted by Crippen LogP contribution is -2.25. The molecule has 0 unspecified atom stereocenters. The number of halogens is 2. The third-order valence-corrected chi connectivity index (χ3v) is 6.95. The molecule has 0 aromatic heterocycles. The molecule has 1 aromatic rings. The van der Waals surface area contributed by atoms with Gasteiger partial charge in [-0.2, -0.15) is 0 Å². The normalized spacial score (nSPS) is 22.7. The summed E-state index contributed by atoms with van der Waals surface area (Å²) in [5.74, 6) is -0.574. The van der Waals surface area contributed by atoms with Crippen molar-refractivity contribution >= 4 is 52.7 Å². The first-order valence-electron chi connectivity index (χ1n) is 6.51. The largest absolute Gasteiger partial charge is 0.481 e. The molecule has 0 saturated heterocycles. The van der Waals surface area contributed by atoms with Crippen molar-refractivity contribution in [3.05, 3.63) is 28.2 Å². The molecule has 0 bridgehead atoms. The summed E-state index contributed by atoms with van der Waals surface area (Å²) in [6.45, 7) is 0. The van der Waals surface area contributed by atoms with Crippen LogP contribution in [0.1, 0.15) is 25.7 Å². The fourth-order valence-corrected chi connectivity index (χ4v) is 5.50. The lowest BCUT2D eigenvalue weighted by molar-refractivity contribution is -0.133. The average molecular weight is 351 g/mol. The van der Waals surface area contributed by atoms with Gasteiger partial charge in [0.1, 0.15) is 0 Å². The quantitative estimate of drug-likeness (QED) is 0.790. The Balaban J connectivity index is 2.04. The molecular weight excluding hydrogens is 335 g/mol. The Kier molecular flexibility index (Phi) is 6.40. The van der Waals surface area contributed by atoms with Gasteiger partial charge in [0.15, 0.2) is 0 Å². The van der Waals surface area contributed by atoms with E-state index in [2.05, 4.69) is 0 Å². The molecule has 1 aliphatic carbocycles. The summed E-state index contributed by atoms with van der Waals surface area (Å²) in [5.41, 5.74) is 0. The first-order valence-corrected chi connectivity index (χ1v) is 9.20. The van der Waals surface area contributed by atoms with Crippen molar-refractivity contribution in [1.82, 2.24) is 0 Å². The molecule has 1 N–H and O–H groups in total. The van der Waals surface area contributed by atoms with Gasteiger partial charge in [-0.15, -0.1) is 23.5 Å². The molecule has 0 spiro atoms. The van der Waals surface area contributed by atoms with Crippen LogP contribution < -0.4 is 0 Å². The zero-order chi connectivity index (χ0) is 14.5. The summed E-state index contributed by atoms with van der Waals surface area (Å²) in [7, 11) is 0. The monoisotopic (exact) mass is 350 g/mol. The highest BCUT2D eigenvalue weighted by molar-refractivity contribution is 8.04. The highest BCUT2D eigenvalue weighted by Gasteiger charge is 2.27. The molecule has 1 fully saturated rings. The smallest absolute Gasteiger partial charge is 0.313 e. The number of hydrogen-bond donors (Lipinski definition) is 1. The van der Waals surface area contributed by atoms with Crippen molar-refractivity contribution in [3.63, 3.8) is 0 Å².